The summed E-state index contributed by atoms with van der Waals surface area (Å²) in [4.78, 5) is 51.3. The van der Waals surface area contributed by atoms with Crippen molar-refractivity contribution >= 4 is 29.2 Å². The Morgan fingerprint density at radius 2 is 1.66 bits per heavy atom. The van der Waals surface area contributed by atoms with Crippen molar-refractivity contribution in [1.82, 2.24) is 4.57 Å². The second kappa shape index (κ2) is 8.67. The van der Waals surface area contributed by atoms with Crippen molar-refractivity contribution in [2.75, 3.05) is 10.2 Å². The van der Waals surface area contributed by atoms with E-state index in [4.69, 9.17) is 0 Å². The van der Waals surface area contributed by atoms with Crippen LogP contribution in [0.3, 0.4) is 0 Å². The van der Waals surface area contributed by atoms with Crippen LogP contribution >= 0.6 is 0 Å². The van der Waals surface area contributed by atoms with Crippen LogP contribution in [0.2, 0.25) is 0 Å². The average Bonchev–Trinajstić information content (AvgIpc) is 2.77. The smallest absolute Gasteiger partial charge is 0.341 e. The number of aromatic carboxylic acids is 1. The van der Waals surface area contributed by atoms with Gasteiger partial charge in [0.2, 0.25) is 11.3 Å². The molecule has 1 atom stereocenters. The second-order valence-electron chi connectivity index (χ2n) is 8.10. The summed E-state index contributed by atoms with van der Waals surface area (Å²) in [5, 5.41) is 22.4. The number of carboxylic acid groups (broad SMARTS) is 1. The van der Waals surface area contributed by atoms with E-state index in [0.29, 0.717) is 11.8 Å². The Kier molecular flexibility index (Phi) is 5.85. The highest BCUT2D eigenvalue weighted by Gasteiger charge is 2.41. The first-order valence-corrected chi connectivity index (χ1v) is 10.4. The fourth-order valence-corrected chi connectivity index (χ4v) is 4.09. The van der Waals surface area contributed by atoms with Crippen molar-refractivity contribution in [2.45, 2.75) is 26.4 Å². The zero-order valence-corrected chi connectivity index (χ0v) is 18.5. The summed E-state index contributed by atoms with van der Waals surface area (Å²) in [6, 6.07) is 6.12. The molecule has 0 bridgehead atoms. The number of pyridine rings is 1. The zero-order chi connectivity index (χ0) is 25.6. The number of nitrogens with zero attached hydrogens (tertiary/aromatic N) is 2. The lowest BCUT2D eigenvalue weighted by Gasteiger charge is -2.37. The molecule has 35 heavy (non-hydrogen) atoms. The summed E-state index contributed by atoms with van der Waals surface area (Å²) in [5.74, 6) is -6.68. The third-order valence-corrected chi connectivity index (χ3v) is 5.75. The number of rotatable bonds is 4. The number of nitrogens with one attached hydrogen (secondary N) is 1. The van der Waals surface area contributed by atoms with E-state index < -0.39 is 64.4 Å². The van der Waals surface area contributed by atoms with Gasteiger partial charge in [0.25, 0.3) is 5.91 Å². The van der Waals surface area contributed by atoms with E-state index in [2.05, 4.69) is 5.32 Å². The minimum Gasteiger partial charge on any atom is -0.503 e. The molecule has 2 amide bonds. The Balaban J connectivity index is 1.89. The normalized spacial score (nSPS) is 15.0. The summed E-state index contributed by atoms with van der Waals surface area (Å²) in [6.45, 7) is 3.10. The van der Waals surface area contributed by atoms with Gasteiger partial charge in [-0.05, 0) is 37.1 Å². The van der Waals surface area contributed by atoms with Gasteiger partial charge in [-0.25, -0.2) is 13.6 Å². The fourth-order valence-electron chi connectivity index (χ4n) is 4.09. The van der Waals surface area contributed by atoms with Gasteiger partial charge in [-0.3, -0.25) is 19.3 Å². The van der Waals surface area contributed by atoms with E-state index in [0.717, 1.165) is 38.9 Å². The first-order chi connectivity index (χ1) is 16.5. The molecule has 2 aromatic carbocycles. The fraction of sp³-hybridized carbons (Fsp3) is 0.167. The number of aromatic hydroxyl groups is 1. The van der Waals surface area contributed by atoms with Gasteiger partial charge < -0.3 is 20.1 Å². The third kappa shape index (κ3) is 4.12. The molecule has 9 nitrogen and oxygen atoms in total. The Bertz CT molecular complexity index is 1430. The summed E-state index contributed by atoms with van der Waals surface area (Å²) >= 11 is 0. The molecule has 180 valence electrons. The molecule has 11 heteroatoms. The largest absolute Gasteiger partial charge is 0.503 e. The number of carbonyl (C=O) groups excluding carboxylic acids is 2. The lowest BCUT2D eigenvalue weighted by molar-refractivity contribution is -0.117. The lowest BCUT2D eigenvalue weighted by Crippen LogP contribution is -2.55. The van der Waals surface area contributed by atoms with Gasteiger partial charge in [-0.1, -0.05) is 18.2 Å². The van der Waals surface area contributed by atoms with E-state index in [-0.39, 0.29) is 5.69 Å². The number of aromatic nitrogens is 1. The van der Waals surface area contributed by atoms with Crippen molar-refractivity contribution < 1.29 is 33.4 Å². The molecule has 0 aliphatic carbocycles. The van der Waals surface area contributed by atoms with E-state index in [1.54, 1.807) is 32.0 Å². The Morgan fingerprint density at radius 3 is 2.23 bits per heavy atom. The number of aryl methyl sites for hydroxylation is 2. The van der Waals surface area contributed by atoms with Crippen LogP contribution in [0, 0.1) is 25.5 Å². The van der Waals surface area contributed by atoms with Gasteiger partial charge in [0.05, 0.1) is 12.2 Å². The third-order valence-electron chi connectivity index (χ3n) is 5.75. The van der Waals surface area contributed by atoms with Crippen molar-refractivity contribution in [1.29, 1.82) is 0 Å². The summed E-state index contributed by atoms with van der Waals surface area (Å²) < 4.78 is 29.0. The van der Waals surface area contributed by atoms with Gasteiger partial charge in [-0.15, -0.1) is 0 Å². The highest BCUT2D eigenvalue weighted by Crippen LogP contribution is 2.31. The van der Waals surface area contributed by atoms with Gasteiger partial charge >= 0.3 is 5.97 Å². The lowest BCUT2D eigenvalue weighted by atomic mass is 10.0. The minimum atomic E-state index is -1.64. The predicted octanol–water partition coefficient (Wildman–Crippen LogP) is 2.81. The molecular weight excluding hydrogens is 464 g/mol. The summed E-state index contributed by atoms with van der Waals surface area (Å²) in [6.07, 6.45) is 0.848. The molecule has 3 aromatic rings. The number of anilines is 2. The van der Waals surface area contributed by atoms with Crippen LogP contribution in [-0.2, 0) is 11.3 Å². The van der Waals surface area contributed by atoms with Crippen LogP contribution in [0.1, 0.15) is 32.0 Å². The summed E-state index contributed by atoms with van der Waals surface area (Å²) in [5.41, 5.74) is -1.14. The number of halogens is 2. The minimum absolute atomic E-state index is 0.324. The Morgan fingerprint density at radius 1 is 1.06 bits per heavy atom. The first-order valence-electron chi connectivity index (χ1n) is 10.4. The van der Waals surface area contributed by atoms with Crippen molar-refractivity contribution in [2.24, 2.45) is 0 Å². The van der Waals surface area contributed by atoms with E-state index in [9.17, 15) is 38.2 Å². The number of benzene rings is 2. The highest BCUT2D eigenvalue weighted by molar-refractivity contribution is 6.13. The SMILES string of the molecule is Cc1cccc(C)c1NC(=O)C1Cn2cc(C(=O)O)c(=O)c(O)c2C(=O)N1c1cc(F)cc(F)c1. The van der Waals surface area contributed by atoms with Crippen molar-refractivity contribution in [3.63, 3.8) is 0 Å². The second-order valence-corrected chi connectivity index (χ2v) is 8.10. The molecule has 3 N–H and O–H groups in total. The maximum atomic E-state index is 14.0. The highest BCUT2D eigenvalue weighted by atomic mass is 19.1. The monoisotopic (exact) mass is 483 g/mol. The predicted molar refractivity (Wildman–Crippen MR) is 121 cm³/mol. The number of fused-ring (bicyclic) bond motifs is 1. The van der Waals surface area contributed by atoms with Gasteiger partial charge in [0.1, 0.15) is 23.2 Å². The zero-order valence-electron chi connectivity index (χ0n) is 18.5. The van der Waals surface area contributed by atoms with Gasteiger partial charge in [0.15, 0.2) is 11.4 Å². The number of hydrogen-bond donors (Lipinski definition) is 3. The van der Waals surface area contributed by atoms with Crippen molar-refractivity contribution in [3.8, 4) is 5.75 Å². The molecule has 1 aliphatic rings. The van der Waals surface area contributed by atoms with Crippen LogP contribution in [0.15, 0.2) is 47.4 Å². The molecule has 4 rings (SSSR count). The molecule has 0 fully saturated rings. The molecule has 2 heterocycles. The van der Waals surface area contributed by atoms with Crippen LogP contribution in [-0.4, -0.2) is 38.6 Å². The Labute approximate surface area is 196 Å². The molecule has 0 spiro atoms. The maximum Gasteiger partial charge on any atom is 0.341 e. The molecule has 1 aliphatic heterocycles. The van der Waals surface area contributed by atoms with Crippen LogP contribution in [0.4, 0.5) is 20.2 Å². The number of carboxylic acids is 1. The quantitative estimate of drug-likeness (QED) is 0.524. The van der Waals surface area contributed by atoms with Gasteiger partial charge in [-0.2, -0.15) is 0 Å². The molecule has 1 aromatic heterocycles. The number of amides is 2. The Hall–Kier alpha value is -4.54. The number of para-hydroxylation sites is 1. The van der Waals surface area contributed by atoms with Crippen LogP contribution < -0.4 is 15.6 Å². The molecule has 1 unspecified atom stereocenters. The van der Waals surface area contributed by atoms with E-state index in [1.165, 1.54) is 0 Å². The first kappa shape index (κ1) is 23.6. The standard InChI is InChI=1S/C24H19F2N3O6/c1-11-4-3-5-12(2)18(11)27-22(32)17-10-28-9-16(24(34)35)20(30)21(31)19(28)23(33)29(17)15-7-13(25)6-14(26)8-15/h3-9,17,31H,10H2,1-2H3,(H,27,32)(H,34,35). The van der Waals surface area contributed by atoms with Gasteiger partial charge in [0, 0.05) is 18.0 Å². The summed E-state index contributed by atoms with van der Waals surface area (Å²) in [7, 11) is 0. The number of hydrogen-bond acceptors (Lipinski definition) is 5. The number of carbonyl (C=O) groups is 3. The van der Waals surface area contributed by atoms with E-state index in [1.807, 2.05) is 0 Å². The topological polar surface area (TPSA) is 129 Å². The molecule has 0 saturated carbocycles. The van der Waals surface area contributed by atoms with E-state index >= 15 is 0 Å². The van der Waals surface area contributed by atoms with Crippen LogP contribution in [0.25, 0.3) is 0 Å². The molecular formula is C24H19F2N3O6. The molecule has 0 radical (unpaired) electrons. The van der Waals surface area contributed by atoms with Crippen molar-refractivity contribution in [3.05, 3.63) is 86.8 Å². The molecule has 0 saturated heterocycles. The van der Waals surface area contributed by atoms with Crippen LogP contribution in [0.5, 0.6) is 5.75 Å². The maximum absolute atomic E-state index is 14.0. The average molecular weight is 483 g/mol.